The van der Waals surface area contributed by atoms with Gasteiger partial charge in [-0.2, -0.15) is 0 Å². The van der Waals surface area contributed by atoms with Crippen molar-refractivity contribution in [2.45, 2.75) is 18.9 Å². The Morgan fingerprint density at radius 3 is 2.38 bits per heavy atom. The molecule has 1 saturated heterocycles. The van der Waals surface area contributed by atoms with Crippen LogP contribution < -0.4 is 10.6 Å². The van der Waals surface area contributed by atoms with E-state index in [1.54, 1.807) is 6.07 Å². The average Bonchev–Trinajstić information content (AvgIpc) is 2.73. The first-order valence-electron chi connectivity index (χ1n) is 10.2. The molecule has 186 valence electrons. The van der Waals surface area contributed by atoms with E-state index in [0.717, 1.165) is 19.1 Å². The van der Waals surface area contributed by atoms with Gasteiger partial charge in [0.15, 0.2) is 11.6 Å². The van der Waals surface area contributed by atoms with E-state index in [-0.39, 0.29) is 37.5 Å². The van der Waals surface area contributed by atoms with E-state index in [4.69, 9.17) is 15.0 Å². The van der Waals surface area contributed by atoms with Gasteiger partial charge in [0.1, 0.15) is 11.4 Å². The Morgan fingerprint density at radius 1 is 1.15 bits per heavy atom. The van der Waals surface area contributed by atoms with Crippen molar-refractivity contribution in [2.75, 3.05) is 38.1 Å². The van der Waals surface area contributed by atoms with Crippen LogP contribution in [-0.4, -0.2) is 70.5 Å². The number of hydrogen-bond acceptors (Lipinski definition) is 6. The number of anilines is 2. The molecule has 1 heterocycles. The van der Waals surface area contributed by atoms with Crippen LogP contribution in [0.4, 0.5) is 24.5 Å². The van der Waals surface area contributed by atoms with Crippen LogP contribution in [0.25, 0.3) is 0 Å². The van der Waals surface area contributed by atoms with Gasteiger partial charge in [0.2, 0.25) is 0 Å². The summed E-state index contributed by atoms with van der Waals surface area (Å²) in [5.41, 5.74) is -1.86. The molecule has 1 aliphatic heterocycles. The smallest absolute Gasteiger partial charge is 0.300 e. The summed E-state index contributed by atoms with van der Waals surface area (Å²) in [7, 11) is 0. The zero-order valence-electron chi connectivity index (χ0n) is 18.2. The molecular weight excluding hydrogens is 570 g/mol. The summed E-state index contributed by atoms with van der Waals surface area (Å²) in [6.07, 6.45) is 0.539. The Balaban J connectivity index is 0.000000945. The second-order valence-corrected chi connectivity index (χ2v) is 8.94. The van der Waals surface area contributed by atoms with Crippen molar-refractivity contribution in [1.29, 1.82) is 0 Å². The molecule has 5 N–H and O–H groups in total. The summed E-state index contributed by atoms with van der Waals surface area (Å²) in [5.74, 6) is -4.58. The van der Waals surface area contributed by atoms with Crippen molar-refractivity contribution in [2.24, 2.45) is 0 Å². The fraction of sp³-hybridized carbons (Fsp3) is 0.364. The predicted octanol–water partition coefficient (Wildman–Crippen LogP) is 2.70. The number of carboxylic acid groups (broad SMARTS) is 1. The molecule has 0 saturated carbocycles. The van der Waals surface area contributed by atoms with E-state index in [9.17, 15) is 23.1 Å². The van der Waals surface area contributed by atoms with Crippen LogP contribution >= 0.6 is 22.6 Å². The van der Waals surface area contributed by atoms with Crippen molar-refractivity contribution in [3.63, 3.8) is 0 Å². The molecule has 2 aromatic rings. The highest BCUT2D eigenvalue weighted by molar-refractivity contribution is 14.1. The number of benzene rings is 2. The molecule has 0 aromatic heterocycles. The lowest BCUT2D eigenvalue weighted by Crippen LogP contribution is -2.67. The lowest BCUT2D eigenvalue weighted by molar-refractivity contribution is -0.134. The number of likely N-dealkylation sites (tertiary alicyclic amines) is 1. The lowest BCUT2D eigenvalue weighted by Gasteiger charge is -2.46. The van der Waals surface area contributed by atoms with Crippen LogP contribution in [0, 0.1) is 21.0 Å². The Hall–Kier alpha value is -2.42. The number of hydrogen-bond donors (Lipinski definition) is 5. The van der Waals surface area contributed by atoms with Gasteiger partial charge in [0.25, 0.3) is 11.9 Å². The first-order chi connectivity index (χ1) is 16.0. The Labute approximate surface area is 207 Å². The number of aliphatic hydroxyl groups excluding tert-OH is 1. The highest BCUT2D eigenvalue weighted by Crippen LogP contribution is 2.31. The monoisotopic (exact) mass is 595 g/mol. The van der Waals surface area contributed by atoms with Gasteiger partial charge in [0, 0.05) is 23.6 Å². The van der Waals surface area contributed by atoms with E-state index >= 15 is 0 Å². The van der Waals surface area contributed by atoms with Gasteiger partial charge in [0.05, 0.1) is 30.0 Å². The second-order valence-electron chi connectivity index (χ2n) is 7.69. The topological polar surface area (TPSA) is 122 Å². The number of amides is 1. The van der Waals surface area contributed by atoms with Crippen molar-refractivity contribution in [3.05, 3.63) is 56.9 Å². The molecule has 1 fully saturated rings. The molecule has 1 aliphatic rings. The van der Waals surface area contributed by atoms with Gasteiger partial charge in [-0.25, -0.2) is 13.2 Å². The molecule has 0 spiro atoms. The SMILES string of the molecule is CC(=O)O.O=C(c1ccc(F)c(F)c1Nc1ccc(I)cc1F)N1CC(O)(CNCCCO)C1. The quantitative estimate of drug-likeness (QED) is 0.235. The summed E-state index contributed by atoms with van der Waals surface area (Å²) >= 11 is 1.92. The molecule has 1 amide bonds. The molecule has 0 radical (unpaired) electrons. The number of carbonyl (C=O) groups is 2. The fourth-order valence-electron chi connectivity index (χ4n) is 3.19. The van der Waals surface area contributed by atoms with Gasteiger partial charge in [-0.05, 0) is 65.9 Å². The zero-order valence-corrected chi connectivity index (χ0v) is 20.4. The Morgan fingerprint density at radius 2 is 1.79 bits per heavy atom. The standard InChI is InChI=1S/C20H21F3IN3O3.C2H4O2/c21-14-4-3-13(18(17(14)23)26-16-5-2-12(24)8-15(16)22)19(29)27-10-20(30,11-27)9-25-6-1-7-28;1-2(3)4/h2-5,8,25-26,28,30H,1,6-7,9-11H2;1H3,(H,3,4). The summed E-state index contributed by atoms with van der Waals surface area (Å²) < 4.78 is 43.1. The van der Waals surface area contributed by atoms with Crippen LogP contribution in [0.15, 0.2) is 30.3 Å². The summed E-state index contributed by atoms with van der Waals surface area (Å²) in [6.45, 7) is 1.88. The molecule has 0 bridgehead atoms. The number of nitrogens with one attached hydrogen (secondary N) is 2. The van der Waals surface area contributed by atoms with Gasteiger partial charge >= 0.3 is 0 Å². The number of carbonyl (C=O) groups excluding carboxylic acids is 1. The second kappa shape index (κ2) is 12.3. The number of β-amino-alcohol motifs (C(OH)–C–C–N with tert-alkyl or cyclic N) is 1. The number of aliphatic hydroxyl groups is 2. The maximum atomic E-state index is 14.5. The van der Waals surface area contributed by atoms with Crippen molar-refractivity contribution in [1.82, 2.24) is 10.2 Å². The summed E-state index contributed by atoms with van der Waals surface area (Å²) in [4.78, 5) is 23.1. The molecule has 12 heteroatoms. The Kier molecular flexibility index (Phi) is 10.1. The maximum absolute atomic E-state index is 14.5. The van der Waals surface area contributed by atoms with Crippen molar-refractivity contribution >= 4 is 45.8 Å². The highest BCUT2D eigenvalue weighted by Gasteiger charge is 2.44. The number of aliphatic carboxylic acids is 1. The molecule has 0 atom stereocenters. The molecule has 34 heavy (non-hydrogen) atoms. The molecule has 0 aliphatic carbocycles. The first-order valence-corrected chi connectivity index (χ1v) is 11.3. The minimum atomic E-state index is -1.29. The molecular formula is C22H25F3IN3O5. The van der Waals surface area contributed by atoms with Gasteiger partial charge < -0.3 is 30.9 Å². The summed E-state index contributed by atoms with van der Waals surface area (Å²) in [5, 5.41) is 32.1. The molecule has 8 nitrogen and oxygen atoms in total. The lowest BCUT2D eigenvalue weighted by atomic mass is 9.92. The zero-order chi connectivity index (χ0) is 25.5. The highest BCUT2D eigenvalue weighted by atomic mass is 127. The third-order valence-electron chi connectivity index (χ3n) is 4.74. The number of nitrogens with zero attached hydrogens (tertiary/aromatic N) is 1. The van der Waals surface area contributed by atoms with E-state index in [1.807, 2.05) is 22.6 Å². The minimum absolute atomic E-state index is 0.00822. The van der Waals surface area contributed by atoms with Crippen LogP contribution in [-0.2, 0) is 4.79 Å². The Bertz CT molecular complexity index is 1030. The van der Waals surface area contributed by atoms with Crippen molar-refractivity contribution in [3.8, 4) is 0 Å². The van der Waals surface area contributed by atoms with Gasteiger partial charge in [-0.3, -0.25) is 9.59 Å². The summed E-state index contributed by atoms with van der Waals surface area (Å²) in [6, 6.07) is 6.14. The fourth-order valence-corrected chi connectivity index (χ4v) is 3.64. The normalized spacial score (nSPS) is 14.0. The van der Waals surface area contributed by atoms with Crippen LogP contribution in [0.5, 0.6) is 0 Å². The van der Waals surface area contributed by atoms with Crippen LogP contribution in [0.1, 0.15) is 23.7 Å². The third-order valence-corrected chi connectivity index (χ3v) is 5.41. The third kappa shape index (κ3) is 7.55. The minimum Gasteiger partial charge on any atom is -0.481 e. The maximum Gasteiger partial charge on any atom is 0.300 e. The van der Waals surface area contributed by atoms with E-state index in [2.05, 4.69) is 10.6 Å². The van der Waals surface area contributed by atoms with Crippen LogP contribution in [0.3, 0.4) is 0 Å². The molecule has 0 unspecified atom stereocenters. The number of rotatable bonds is 8. The van der Waals surface area contributed by atoms with E-state index in [0.29, 0.717) is 16.5 Å². The van der Waals surface area contributed by atoms with Crippen molar-refractivity contribution < 1.29 is 38.1 Å². The molecule has 3 rings (SSSR count). The van der Waals surface area contributed by atoms with Gasteiger partial charge in [-0.15, -0.1) is 0 Å². The van der Waals surface area contributed by atoms with E-state index < -0.39 is 40.6 Å². The van der Waals surface area contributed by atoms with Gasteiger partial charge in [-0.1, -0.05) is 0 Å². The van der Waals surface area contributed by atoms with E-state index in [1.165, 1.54) is 17.0 Å². The molecule has 2 aromatic carbocycles. The predicted molar refractivity (Wildman–Crippen MR) is 127 cm³/mol. The van der Waals surface area contributed by atoms with Crippen LogP contribution in [0.2, 0.25) is 0 Å². The first kappa shape index (κ1) is 27.8. The number of carboxylic acids is 1. The number of halogens is 4. The average molecular weight is 595 g/mol. The largest absolute Gasteiger partial charge is 0.481 e.